The summed E-state index contributed by atoms with van der Waals surface area (Å²) in [7, 11) is 1.64. The van der Waals surface area contributed by atoms with Crippen molar-refractivity contribution in [1.82, 2.24) is 5.32 Å². The number of benzene rings is 2. The molecule has 1 aliphatic heterocycles. The Hall–Kier alpha value is -2.82. The van der Waals surface area contributed by atoms with Gasteiger partial charge in [0.15, 0.2) is 0 Å². The maximum atomic E-state index is 12.5. The third kappa shape index (κ3) is 4.67. The highest BCUT2D eigenvalue weighted by Crippen LogP contribution is 2.23. The second kappa shape index (κ2) is 8.71. The van der Waals surface area contributed by atoms with Crippen molar-refractivity contribution in [2.45, 2.75) is 38.6 Å². The molecule has 1 aliphatic rings. The summed E-state index contributed by atoms with van der Waals surface area (Å²) in [5.41, 5.74) is 2.91. The molecular weight excluding hydrogens is 340 g/mol. The lowest BCUT2D eigenvalue weighted by atomic mass is 10.0. The van der Waals surface area contributed by atoms with Gasteiger partial charge in [-0.15, -0.1) is 0 Å². The zero-order chi connectivity index (χ0) is 19.2. The smallest absolute Gasteiger partial charge is 0.227 e. The van der Waals surface area contributed by atoms with Crippen LogP contribution in [0.4, 0.5) is 5.69 Å². The maximum Gasteiger partial charge on any atom is 0.227 e. The van der Waals surface area contributed by atoms with Gasteiger partial charge in [-0.1, -0.05) is 31.2 Å². The van der Waals surface area contributed by atoms with Gasteiger partial charge >= 0.3 is 0 Å². The number of nitrogens with zero attached hydrogens (tertiary/aromatic N) is 1. The SMILES string of the molecule is CC[C@@H](NC(=O)Cc1ccc(N2CCCC2=O)cc1)c1ccc(OC)cc1. The average Bonchev–Trinajstić information content (AvgIpc) is 3.13. The molecule has 0 saturated carbocycles. The predicted octanol–water partition coefficient (Wildman–Crippen LogP) is 3.63. The Morgan fingerprint density at radius 2 is 1.85 bits per heavy atom. The second-order valence-corrected chi connectivity index (χ2v) is 6.79. The summed E-state index contributed by atoms with van der Waals surface area (Å²) in [6.07, 6.45) is 2.66. The number of hydrogen-bond acceptors (Lipinski definition) is 3. The van der Waals surface area contributed by atoms with E-state index in [0.717, 1.165) is 42.0 Å². The van der Waals surface area contributed by atoms with Crippen molar-refractivity contribution >= 4 is 17.5 Å². The van der Waals surface area contributed by atoms with Crippen LogP contribution in [0.2, 0.25) is 0 Å². The molecule has 5 nitrogen and oxygen atoms in total. The molecule has 2 amide bonds. The minimum absolute atomic E-state index is 0.0114. The first-order valence-electron chi connectivity index (χ1n) is 9.43. The first kappa shape index (κ1) is 19.0. The highest BCUT2D eigenvalue weighted by molar-refractivity contribution is 5.95. The van der Waals surface area contributed by atoms with E-state index in [0.29, 0.717) is 12.8 Å². The molecule has 0 radical (unpaired) electrons. The van der Waals surface area contributed by atoms with Gasteiger partial charge in [0.1, 0.15) is 5.75 Å². The van der Waals surface area contributed by atoms with Crippen molar-refractivity contribution in [3.63, 3.8) is 0 Å². The molecule has 1 saturated heterocycles. The molecule has 0 spiro atoms. The van der Waals surface area contributed by atoms with E-state index < -0.39 is 0 Å². The van der Waals surface area contributed by atoms with Crippen molar-refractivity contribution in [2.24, 2.45) is 0 Å². The fraction of sp³-hybridized carbons (Fsp3) is 0.364. The summed E-state index contributed by atoms with van der Waals surface area (Å²) in [5, 5.41) is 3.10. The third-order valence-electron chi connectivity index (χ3n) is 4.95. The standard InChI is InChI=1S/C22H26N2O3/c1-3-20(17-8-12-19(27-2)13-9-17)23-21(25)15-16-6-10-18(11-7-16)24-14-4-5-22(24)26/h6-13,20H,3-5,14-15H2,1-2H3,(H,23,25)/t20-/m1/s1. The molecule has 1 fully saturated rings. The molecule has 0 aromatic heterocycles. The van der Waals surface area contributed by atoms with Gasteiger partial charge in [-0.3, -0.25) is 9.59 Å². The maximum absolute atomic E-state index is 12.5. The Kier molecular flexibility index (Phi) is 6.12. The monoisotopic (exact) mass is 366 g/mol. The number of rotatable bonds is 7. The molecule has 1 atom stereocenters. The largest absolute Gasteiger partial charge is 0.497 e. The van der Waals surface area contributed by atoms with Gasteiger partial charge in [0.2, 0.25) is 11.8 Å². The van der Waals surface area contributed by atoms with Crippen molar-refractivity contribution < 1.29 is 14.3 Å². The van der Waals surface area contributed by atoms with Crippen LogP contribution < -0.4 is 15.0 Å². The van der Waals surface area contributed by atoms with E-state index in [1.54, 1.807) is 12.0 Å². The summed E-state index contributed by atoms with van der Waals surface area (Å²) in [5.74, 6) is 0.963. The van der Waals surface area contributed by atoms with Gasteiger partial charge in [0.05, 0.1) is 19.6 Å². The third-order valence-corrected chi connectivity index (χ3v) is 4.95. The quantitative estimate of drug-likeness (QED) is 0.814. The highest BCUT2D eigenvalue weighted by Gasteiger charge is 2.21. The number of carbonyl (C=O) groups excluding carboxylic acids is 2. The minimum Gasteiger partial charge on any atom is -0.497 e. The van der Waals surface area contributed by atoms with Crippen LogP contribution >= 0.6 is 0 Å². The van der Waals surface area contributed by atoms with Crippen LogP contribution in [0.3, 0.4) is 0 Å². The number of nitrogens with one attached hydrogen (secondary N) is 1. The molecule has 2 aromatic rings. The molecule has 1 N–H and O–H groups in total. The van der Waals surface area contributed by atoms with Crippen LogP contribution in [0.1, 0.15) is 43.4 Å². The van der Waals surface area contributed by atoms with Crippen molar-refractivity contribution in [3.8, 4) is 5.75 Å². The van der Waals surface area contributed by atoms with E-state index in [1.807, 2.05) is 48.5 Å². The van der Waals surface area contributed by atoms with E-state index in [2.05, 4.69) is 12.2 Å². The minimum atomic E-state index is -0.0232. The molecule has 2 aromatic carbocycles. The molecule has 3 rings (SSSR count). The van der Waals surface area contributed by atoms with E-state index in [9.17, 15) is 9.59 Å². The lowest BCUT2D eigenvalue weighted by molar-refractivity contribution is -0.121. The number of anilines is 1. The first-order valence-corrected chi connectivity index (χ1v) is 9.43. The molecule has 0 aliphatic carbocycles. The van der Waals surface area contributed by atoms with Crippen LogP contribution in [0.25, 0.3) is 0 Å². The van der Waals surface area contributed by atoms with Gasteiger partial charge in [-0.25, -0.2) is 0 Å². The summed E-state index contributed by atoms with van der Waals surface area (Å²) >= 11 is 0. The average molecular weight is 366 g/mol. The van der Waals surface area contributed by atoms with E-state index >= 15 is 0 Å². The zero-order valence-corrected chi connectivity index (χ0v) is 15.9. The molecule has 5 heteroatoms. The molecule has 27 heavy (non-hydrogen) atoms. The van der Waals surface area contributed by atoms with Crippen LogP contribution in [-0.4, -0.2) is 25.5 Å². The van der Waals surface area contributed by atoms with Crippen molar-refractivity contribution in [3.05, 3.63) is 59.7 Å². The summed E-state index contributed by atoms with van der Waals surface area (Å²) in [6.45, 7) is 2.83. The van der Waals surface area contributed by atoms with Crippen molar-refractivity contribution in [2.75, 3.05) is 18.6 Å². The fourth-order valence-electron chi connectivity index (χ4n) is 3.40. The Labute approximate surface area is 160 Å². The Bertz CT molecular complexity index is 784. The number of carbonyl (C=O) groups is 2. The second-order valence-electron chi connectivity index (χ2n) is 6.79. The highest BCUT2D eigenvalue weighted by atomic mass is 16.5. The normalized spacial score (nSPS) is 14.9. The van der Waals surface area contributed by atoms with E-state index in [4.69, 9.17) is 4.74 Å². The number of amides is 2. The van der Waals surface area contributed by atoms with E-state index in [1.165, 1.54) is 0 Å². The lowest BCUT2D eigenvalue weighted by Crippen LogP contribution is -2.29. The van der Waals surface area contributed by atoms with Crippen molar-refractivity contribution in [1.29, 1.82) is 0 Å². The molecule has 142 valence electrons. The van der Waals surface area contributed by atoms with Crippen LogP contribution in [0.15, 0.2) is 48.5 Å². The van der Waals surface area contributed by atoms with Gasteiger partial charge in [-0.2, -0.15) is 0 Å². The number of hydrogen-bond donors (Lipinski definition) is 1. The van der Waals surface area contributed by atoms with Crippen LogP contribution in [0, 0.1) is 0 Å². The van der Waals surface area contributed by atoms with Gasteiger partial charge in [0, 0.05) is 18.7 Å². The summed E-state index contributed by atoms with van der Waals surface area (Å²) < 4.78 is 5.18. The molecular formula is C22H26N2O3. The van der Waals surface area contributed by atoms with Crippen LogP contribution in [0.5, 0.6) is 5.75 Å². The number of methoxy groups -OCH3 is 1. The molecule has 1 heterocycles. The van der Waals surface area contributed by atoms with Crippen LogP contribution in [-0.2, 0) is 16.0 Å². The van der Waals surface area contributed by atoms with E-state index in [-0.39, 0.29) is 17.9 Å². The van der Waals surface area contributed by atoms with Gasteiger partial charge in [-0.05, 0) is 48.2 Å². The molecule has 0 bridgehead atoms. The fourth-order valence-corrected chi connectivity index (χ4v) is 3.40. The number of ether oxygens (including phenoxy) is 1. The zero-order valence-electron chi connectivity index (χ0n) is 15.9. The Morgan fingerprint density at radius 3 is 2.41 bits per heavy atom. The predicted molar refractivity (Wildman–Crippen MR) is 106 cm³/mol. The summed E-state index contributed by atoms with van der Waals surface area (Å²) in [6, 6.07) is 15.4. The lowest BCUT2D eigenvalue weighted by Gasteiger charge is -2.18. The summed E-state index contributed by atoms with van der Waals surface area (Å²) in [4.78, 5) is 26.1. The topological polar surface area (TPSA) is 58.6 Å². The van der Waals surface area contributed by atoms with Gasteiger partial charge < -0.3 is 15.0 Å². The Balaban J connectivity index is 1.59. The first-order chi connectivity index (χ1) is 13.1. The Morgan fingerprint density at radius 1 is 1.15 bits per heavy atom. The molecule has 0 unspecified atom stereocenters. The van der Waals surface area contributed by atoms with Gasteiger partial charge in [0.25, 0.3) is 0 Å².